The van der Waals surface area contributed by atoms with Crippen LogP contribution in [0.15, 0.2) is 27.8 Å². The van der Waals surface area contributed by atoms with Crippen LogP contribution in [0.3, 0.4) is 0 Å². The molecule has 102 valence electrons. The van der Waals surface area contributed by atoms with Crippen molar-refractivity contribution >= 4 is 11.2 Å². The second-order valence-corrected chi connectivity index (χ2v) is 4.90. The average molecular weight is 270 g/mol. The Labute approximate surface area is 114 Å². The highest BCUT2D eigenvalue weighted by molar-refractivity contribution is 5.75. The molecule has 2 aromatic heterocycles. The molecule has 0 spiro atoms. The molecule has 0 saturated carbocycles. The summed E-state index contributed by atoms with van der Waals surface area (Å²) in [5.41, 5.74) is 2.95. The number of aromatic nitrogens is 4. The summed E-state index contributed by atoms with van der Waals surface area (Å²) in [6, 6.07) is 5.94. The van der Waals surface area contributed by atoms with E-state index in [4.69, 9.17) is 0 Å². The number of rotatable bonds is 1. The third kappa shape index (κ3) is 1.77. The van der Waals surface area contributed by atoms with Gasteiger partial charge in [-0.25, -0.2) is 9.78 Å². The summed E-state index contributed by atoms with van der Waals surface area (Å²) in [4.78, 5) is 32.9. The molecule has 0 aliphatic rings. The Bertz CT molecular complexity index is 930. The van der Waals surface area contributed by atoms with E-state index < -0.39 is 11.2 Å². The number of nitrogens with one attached hydrogen (secondary N) is 2. The zero-order valence-electron chi connectivity index (χ0n) is 11.4. The molecule has 3 rings (SSSR count). The Morgan fingerprint density at radius 2 is 1.85 bits per heavy atom. The van der Waals surface area contributed by atoms with Crippen molar-refractivity contribution in [2.45, 2.75) is 13.8 Å². The second-order valence-electron chi connectivity index (χ2n) is 4.90. The van der Waals surface area contributed by atoms with Crippen molar-refractivity contribution < 1.29 is 0 Å². The van der Waals surface area contributed by atoms with E-state index in [1.165, 1.54) is 10.1 Å². The molecule has 1 aromatic carbocycles. The van der Waals surface area contributed by atoms with E-state index in [0.29, 0.717) is 17.0 Å². The average Bonchev–Trinajstić information content (AvgIpc) is 2.85. The predicted molar refractivity (Wildman–Crippen MR) is 76.9 cm³/mol. The van der Waals surface area contributed by atoms with Gasteiger partial charge in [0, 0.05) is 12.6 Å². The quantitative estimate of drug-likeness (QED) is 0.697. The van der Waals surface area contributed by atoms with E-state index in [0.717, 1.165) is 11.1 Å². The second kappa shape index (κ2) is 4.19. The van der Waals surface area contributed by atoms with Crippen LogP contribution < -0.4 is 11.2 Å². The standard InChI is InChI=1S/C14H14N4O2/c1-7-4-5-9(6-8(7)2)11-15-10-12(16-11)18(3)14(20)17-13(10)19/h4-6H,1-3H3,(H,15,16)(H,17,19,20). The fourth-order valence-corrected chi connectivity index (χ4v) is 2.13. The first-order valence-electron chi connectivity index (χ1n) is 6.24. The van der Waals surface area contributed by atoms with Gasteiger partial charge in [-0.05, 0) is 31.0 Å². The molecule has 0 amide bonds. The first-order valence-corrected chi connectivity index (χ1v) is 6.24. The summed E-state index contributed by atoms with van der Waals surface area (Å²) in [6.07, 6.45) is 0. The van der Waals surface area contributed by atoms with Gasteiger partial charge in [0.1, 0.15) is 11.3 Å². The number of imidazole rings is 1. The van der Waals surface area contributed by atoms with Crippen molar-refractivity contribution in [1.82, 2.24) is 19.5 Å². The molecule has 2 N–H and O–H groups in total. The maximum atomic E-state index is 11.8. The molecule has 0 fully saturated rings. The van der Waals surface area contributed by atoms with E-state index in [1.807, 2.05) is 32.0 Å². The SMILES string of the molecule is Cc1ccc(-c2nc3c([nH]2)c(=O)[nH]c(=O)n3C)cc1C. The number of aryl methyl sites for hydroxylation is 3. The number of benzene rings is 1. The van der Waals surface area contributed by atoms with E-state index in [1.54, 1.807) is 7.05 Å². The highest BCUT2D eigenvalue weighted by Crippen LogP contribution is 2.20. The summed E-state index contributed by atoms with van der Waals surface area (Å²) in [6.45, 7) is 4.05. The lowest BCUT2D eigenvalue weighted by Gasteiger charge is -2.01. The Kier molecular flexibility index (Phi) is 2.60. The zero-order valence-corrected chi connectivity index (χ0v) is 11.4. The third-order valence-electron chi connectivity index (χ3n) is 3.53. The normalized spacial score (nSPS) is 11.2. The van der Waals surface area contributed by atoms with Crippen molar-refractivity contribution in [2.75, 3.05) is 0 Å². The van der Waals surface area contributed by atoms with Gasteiger partial charge in [-0.1, -0.05) is 12.1 Å². The van der Waals surface area contributed by atoms with Crippen LogP contribution in [0.5, 0.6) is 0 Å². The van der Waals surface area contributed by atoms with Gasteiger partial charge in [0.15, 0.2) is 5.65 Å². The van der Waals surface area contributed by atoms with Gasteiger partial charge in [-0.2, -0.15) is 0 Å². The Hall–Kier alpha value is -2.63. The molecule has 0 radical (unpaired) electrons. The minimum atomic E-state index is -0.472. The van der Waals surface area contributed by atoms with Crippen LogP contribution in [0.2, 0.25) is 0 Å². The number of hydrogen-bond acceptors (Lipinski definition) is 3. The number of hydrogen-bond donors (Lipinski definition) is 2. The molecule has 3 aromatic rings. The molecule has 6 nitrogen and oxygen atoms in total. The Morgan fingerprint density at radius 3 is 2.55 bits per heavy atom. The Morgan fingerprint density at radius 1 is 1.10 bits per heavy atom. The van der Waals surface area contributed by atoms with Crippen LogP contribution in [0, 0.1) is 13.8 Å². The number of H-pyrrole nitrogens is 2. The molecular weight excluding hydrogens is 256 g/mol. The summed E-state index contributed by atoms with van der Waals surface area (Å²) < 4.78 is 1.32. The van der Waals surface area contributed by atoms with Gasteiger partial charge in [0.2, 0.25) is 0 Å². The van der Waals surface area contributed by atoms with Crippen molar-refractivity contribution in [3.05, 3.63) is 50.2 Å². The van der Waals surface area contributed by atoms with Crippen LogP contribution in [-0.4, -0.2) is 19.5 Å². The summed E-state index contributed by atoms with van der Waals surface area (Å²) in [5, 5.41) is 0. The van der Waals surface area contributed by atoms with Crippen LogP contribution >= 0.6 is 0 Å². The molecule has 0 unspecified atom stereocenters. The topological polar surface area (TPSA) is 83.5 Å². The van der Waals surface area contributed by atoms with Crippen LogP contribution in [-0.2, 0) is 7.05 Å². The molecule has 6 heteroatoms. The fourth-order valence-electron chi connectivity index (χ4n) is 2.13. The summed E-state index contributed by atoms with van der Waals surface area (Å²) >= 11 is 0. The smallest absolute Gasteiger partial charge is 0.329 e. The monoisotopic (exact) mass is 270 g/mol. The number of nitrogens with zero attached hydrogens (tertiary/aromatic N) is 2. The van der Waals surface area contributed by atoms with Crippen molar-refractivity contribution in [2.24, 2.45) is 7.05 Å². The van der Waals surface area contributed by atoms with Gasteiger partial charge in [0.25, 0.3) is 5.56 Å². The van der Waals surface area contributed by atoms with E-state index in [2.05, 4.69) is 15.0 Å². The molecule has 0 bridgehead atoms. The van der Waals surface area contributed by atoms with Crippen molar-refractivity contribution in [3.8, 4) is 11.4 Å². The first kappa shape index (κ1) is 12.4. The largest absolute Gasteiger partial charge is 0.332 e. The third-order valence-corrected chi connectivity index (χ3v) is 3.53. The maximum Gasteiger partial charge on any atom is 0.329 e. The highest BCUT2D eigenvalue weighted by Gasteiger charge is 2.12. The number of aromatic amines is 2. The molecular formula is C14H14N4O2. The predicted octanol–water partition coefficient (Wildman–Crippen LogP) is 1.23. The molecule has 0 aliphatic carbocycles. The maximum absolute atomic E-state index is 11.8. The van der Waals surface area contributed by atoms with Crippen LogP contribution in [0.25, 0.3) is 22.6 Å². The fraction of sp³-hybridized carbons (Fsp3) is 0.214. The van der Waals surface area contributed by atoms with Crippen LogP contribution in [0.4, 0.5) is 0 Å². The van der Waals surface area contributed by atoms with Crippen LogP contribution in [0.1, 0.15) is 11.1 Å². The first-order chi connectivity index (χ1) is 9.47. The lowest BCUT2D eigenvalue weighted by Crippen LogP contribution is -2.28. The molecule has 0 aliphatic heterocycles. The molecule has 2 heterocycles. The van der Waals surface area contributed by atoms with Gasteiger partial charge in [-0.15, -0.1) is 0 Å². The van der Waals surface area contributed by atoms with E-state index >= 15 is 0 Å². The van der Waals surface area contributed by atoms with Gasteiger partial charge < -0.3 is 4.98 Å². The van der Waals surface area contributed by atoms with E-state index in [9.17, 15) is 9.59 Å². The van der Waals surface area contributed by atoms with Gasteiger partial charge in [0.05, 0.1) is 0 Å². The Balaban J connectivity index is 2.31. The highest BCUT2D eigenvalue weighted by atomic mass is 16.2. The minimum Gasteiger partial charge on any atom is -0.332 e. The van der Waals surface area contributed by atoms with Crippen molar-refractivity contribution in [1.29, 1.82) is 0 Å². The lowest BCUT2D eigenvalue weighted by molar-refractivity contribution is 0.832. The van der Waals surface area contributed by atoms with Crippen molar-refractivity contribution in [3.63, 3.8) is 0 Å². The molecule has 0 saturated heterocycles. The van der Waals surface area contributed by atoms with Gasteiger partial charge >= 0.3 is 5.69 Å². The zero-order chi connectivity index (χ0) is 14.4. The minimum absolute atomic E-state index is 0.306. The van der Waals surface area contributed by atoms with E-state index in [-0.39, 0.29) is 0 Å². The summed E-state index contributed by atoms with van der Waals surface area (Å²) in [7, 11) is 1.58. The summed E-state index contributed by atoms with van der Waals surface area (Å²) in [5.74, 6) is 0.579. The lowest BCUT2D eigenvalue weighted by atomic mass is 10.1. The van der Waals surface area contributed by atoms with Gasteiger partial charge in [-0.3, -0.25) is 14.3 Å². The number of fused-ring (bicyclic) bond motifs is 1. The molecule has 20 heavy (non-hydrogen) atoms. The molecule has 0 atom stereocenters.